The second kappa shape index (κ2) is 6.05. The molecule has 4 nitrogen and oxygen atoms in total. The molecule has 4 rings (SSSR count). The van der Waals surface area contributed by atoms with Gasteiger partial charge in [0.25, 0.3) is 0 Å². The number of hydrogen-bond donors (Lipinski definition) is 0. The van der Waals surface area contributed by atoms with Gasteiger partial charge in [-0.05, 0) is 43.7 Å². The van der Waals surface area contributed by atoms with Gasteiger partial charge in [0.1, 0.15) is 11.2 Å². The minimum atomic E-state index is -4.46. The molecule has 0 bridgehead atoms. The Bertz CT molecular complexity index is 1160. The number of alkyl halides is 3. The monoisotopic (exact) mass is 402 g/mol. The van der Waals surface area contributed by atoms with E-state index in [1.807, 2.05) is 27.7 Å². The average Bonchev–Trinajstić information content (AvgIpc) is 2.64. The van der Waals surface area contributed by atoms with Gasteiger partial charge in [0.15, 0.2) is 5.82 Å². The first kappa shape index (κ1) is 19.4. The molecule has 1 aliphatic rings. The van der Waals surface area contributed by atoms with E-state index in [9.17, 15) is 17.6 Å². The van der Waals surface area contributed by atoms with E-state index in [0.29, 0.717) is 22.4 Å². The first-order valence-electron chi connectivity index (χ1n) is 9.03. The third-order valence-electron chi connectivity index (χ3n) is 5.84. The van der Waals surface area contributed by atoms with Crippen LogP contribution in [0.15, 0.2) is 41.4 Å². The van der Waals surface area contributed by atoms with Gasteiger partial charge in [-0.1, -0.05) is 26.0 Å². The largest absolute Gasteiger partial charge is 0.416 e. The van der Waals surface area contributed by atoms with Crippen molar-refractivity contribution in [2.45, 2.75) is 44.8 Å². The van der Waals surface area contributed by atoms with Crippen LogP contribution >= 0.6 is 0 Å². The van der Waals surface area contributed by atoms with Crippen LogP contribution in [0.4, 0.5) is 17.6 Å². The lowest BCUT2D eigenvalue weighted by atomic mass is 9.66. The number of rotatable bonds is 1. The van der Waals surface area contributed by atoms with E-state index in [0.717, 1.165) is 6.07 Å². The zero-order valence-corrected chi connectivity index (χ0v) is 16.3. The van der Waals surface area contributed by atoms with E-state index in [1.54, 1.807) is 6.07 Å². The maximum atomic E-state index is 13.9. The van der Waals surface area contributed by atoms with Crippen molar-refractivity contribution in [3.8, 4) is 0 Å². The fourth-order valence-electron chi connectivity index (χ4n) is 3.45. The van der Waals surface area contributed by atoms with Gasteiger partial charge in [-0.15, -0.1) is 10.2 Å². The van der Waals surface area contributed by atoms with Crippen molar-refractivity contribution in [3.63, 3.8) is 0 Å². The summed E-state index contributed by atoms with van der Waals surface area (Å²) in [5, 5.41) is 7.94. The number of hydrogen-bond acceptors (Lipinski definition) is 4. The van der Waals surface area contributed by atoms with Crippen molar-refractivity contribution >= 4 is 16.7 Å². The molecule has 2 heterocycles. The summed E-state index contributed by atoms with van der Waals surface area (Å²) < 4.78 is 53.9. The Hall–Kier alpha value is -2.90. The maximum absolute atomic E-state index is 13.9. The molecular weight excluding hydrogens is 384 g/mol. The Morgan fingerprint density at radius 3 is 2.34 bits per heavy atom. The van der Waals surface area contributed by atoms with Crippen LogP contribution in [-0.2, 0) is 11.6 Å². The lowest BCUT2D eigenvalue weighted by molar-refractivity contribution is -0.137. The van der Waals surface area contributed by atoms with Crippen LogP contribution in [0.2, 0.25) is 0 Å². The van der Waals surface area contributed by atoms with Gasteiger partial charge in [0, 0.05) is 11.0 Å². The molecule has 0 spiro atoms. The van der Waals surface area contributed by atoms with E-state index in [1.165, 1.54) is 24.3 Å². The summed E-state index contributed by atoms with van der Waals surface area (Å²) in [7, 11) is 0. The molecule has 0 saturated carbocycles. The Morgan fingerprint density at radius 2 is 1.66 bits per heavy atom. The molecule has 0 amide bonds. The Kier molecular flexibility index (Phi) is 4.05. The number of aliphatic imine (C=N–C) groups is 1. The molecule has 0 aliphatic carbocycles. The summed E-state index contributed by atoms with van der Waals surface area (Å²) in [5.41, 5.74) is -0.444. The number of aromatic nitrogens is 3. The van der Waals surface area contributed by atoms with Crippen LogP contribution in [0.1, 0.15) is 50.2 Å². The Morgan fingerprint density at radius 1 is 0.931 bits per heavy atom. The molecule has 1 aromatic heterocycles. The summed E-state index contributed by atoms with van der Waals surface area (Å²) in [5.74, 6) is -0.399. The number of halogens is 4. The van der Waals surface area contributed by atoms with Crippen LogP contribution in [-0.4, -0.2) is 26.4 Å². The minimum Gasteiger partial charge on any atom is -0.274 e. The van der Waals surface area contributed by atoms with Gasteiger partial charge in [-0.3, -0.25) is 4.99 Å². The van der Waals surface area contributed by atoms with Gasteiger partial charge in [0.05, 0.1) is 16.6 Å². The highest BCUT2D eigenvalue weighted by Gasteiger charge is 2.45. The normalized spacial score (nSPS) is 17.7. The van der Waals surface area contributed by atoms with Crippen molar-refractivity contribution < 1.29 is 17.6 Å². The summed E-state index contributed by atoms with van der Waals surface area (Å²) in [6.07, 6.45) is -4.46. The molecule has 3 aromatic rings. The molecule has 8 heteroatoms. The molecule has 0 unspecified atom stereocenters. The Balaban J connectivity index is 1.97. The SMILES string of the molecule is CC1(C)N=C(c2nnc3c(F)cccc3n2)c2ccc(C(F)(F)F)cc2C1(C)C. The summed E-state index contributed by atoms with van der Waals surface area (Å²) >= 11 is 0. The van der Waals surface area contributed by atoms with Crippen LogP contribution < -0.4 is 0 Å². The van der Waals surface area contributed by atoms with Crippen molar-refractivity contribution in [1.29, 1.82) is 0 Å². The third kappa shape index (κ3) is 2.97. The fraction of sp³-hybridized carbons (Fsp3) is 0.333. The Labute approximate surface area is 164 Å². The highest BCUT2D eigenvalue weighted by atomic mass is 19.4. The van der Waals surface area contributed by atoms with Gasteiger partial charge in [-0.25, -0.2) is 9.37 Å². The molecule has 29 heavy (non-hydrogen) atoms. The standard InChI is InChI=1S/C21H18F4N4/c1-19(2)13-10-11(21(23,24)25)8-9-12(13)16(27-20(19,3)4)18-26-15-7-5-6-14(22)17(15)28-29-18/h5-10H,1-4H3. The summed E-state index contributed by atoms with van der Waals surface area (Å²) in [6, 6.07) is 7.96. The molecular formula is C21H18F4N4. The van der Waals surface area contributed by atoms with Crippen molar-refractivity contribution in [2.24, 2.45) is 4.99 Å². The number of fused-ring (bicyclic) bond motifs is 2. The van der Waals surface area contributed by atoms with E-state index in [-0.39, 0.29) is 11.3 Å². The molecule has 0 fully saturated rings. The highest BCUT2D eigenvalue weighted by Crippen LogP contribution is 2.45. The van der Waals surface area contributed by atoms with Crippen molar-refractivity contribution in [2.75, 3.05) is 0 Å². The summed E-state index contributed by atoms with van der Waals surface area (Å²) in [4.78, 5) is 9.15. The predicted molar refractivity (Wildman–Crippen MR) is 101 cm³/mol. The fourth-order valence-corrected chi connectivity index (χ4v) is 3.45. The number of nitrogens with zero attached hydrogens (tertiary/aromatic N) is 4. The lowest BCUT2D eigenvalue weighted by Crippen LogP contribution is -2.46. The predicted octanol–water partition coefficient (Wildman–Crippen LogP) is 5.09. The minimum absolute atomic E-state index is 0.0277. The molecule has 0 atom stereocenters. The van der Waals surface area contributed by atoms with Crippen LogP contribution in [0.3, 0.4) is 0 Å². The second-order valence-corrected chi connectivity index (χ2v) is 8.15. The third-order valence-corrected chi connectivity index (χ3v) is 5.84. The van der Waals surface area contributed by atoms with E-state index < -0.39 is 28.5 Å². The maximum Gasteiger partial charge on any atom is 0.416 e. The van der Waals surface area contributed by atoms with E-state index in [2.05, 4.69) is 15.2 Å². The van der Waals surface area contributed by atoms with E-state index in [4.69, 9.17) is 4.99 Å². The molecule has 0 radical (unpaired) electrons. The average molecular weight is 402 g/mol. The molecule has 2 aromatic carbocycles. The first-order valence-corrected chi connectivity index (χ1v) is 9.03. The molecule has 0 N–H and O–H groups in total. The van der Waals surface area contributed by atoms with Gasteiger partial charge >= 0.3 is 6.18 Å². The zero-order valence-electron chi connectivity index (χ0n) is 16.3. The van der Waals surface area contributed by atoms with E-state index >= 15 is 0 Å². The molecule has 150 valence electrons. The van der Waals surface area contributed by atoms with Crippen LogP contribution in [0.5, 0.6) is 0 Å². The molecule has 0 saturated heterocycles. The van der Waals surface area contributed by atoms with Crippen LogP contribution in [0, 0.1) is 5.82 Å². The highest BCUT2D eigenvalue weighted by molar-refractivity contribution is 6.13. The smallest absolute Gasteiger partial charge is 0.274 e. The lowest BCUT2D eigenvalue weighted by Gasteiger charge is -2.44. The topological polar surface area (TPSA) is 51.0 Å². The number of benzene rings is 2. The van der Waals surface area contributed by atoms with Gasteiger partial charge in [0.2, 0.25) is 5.82 Å². The zero-order chi connectivity index (χ0) is 21.2. The van der Waals surface area contributed by atoms with Gasteiger partial charge in [-0.2, -0.15) is 13.2 Å². The second-order valence-electron chi connectivity index (χ2n) is 8.15. The van der Waals surface area contributed by atoms with Crippen molar-refractivity contribution in [1.82, 2.24) is 15.2 Å². The summed E-state index contributed by atoms with van der Waals surface area (Å²) in [6.45, 7) is 7.43. The van der Waals surface area contributed by atoms with Gasteiger partial charge < -0.3 is 0 Å². The quantitative estimate of drug-likeness (QED) is 0.533. The van der Waals surface area contributed by atoms with Crippen LogP contribution in [0.25, 0.3) is 11.0 Å². The molecule has 1 aliphatic heterocycles. The van der Waals surface area contributed by atoms with Crippen molar-refractivity contribution in [3.05, 3.63) is 64.7 Å². The first-order chi connectivity index (χ1) is 13.4.